The zero-order valence-electron chi connectivity index (χ0n) is 15.2. The Kier molecular flexibility index (Phi) is 5.41. The van der Waals surface area contributed by atoms with Gasteiger partial charge in [0.25, 0.3) is 5.56 Å². The van der Waals surface area contributed by atoms with E-state index in [4.69, 9.17) is 11.6 Å². The molecule has 1 fully saturated rings. The van der Waals surface area contributed by atoms with Crippen molar-refractivity contribution in [3.8, 4) is 0 Å². The van der Waals surface area contributed by atoms with Crippen LogP contribution in [-0.2, 0) is 6.54 Å². The maximum atomic E-state index is 12.5. The molecule has 0 bridgehead atoms. The summed E-state index contributed by atoms with van der Waals surface area (Å²) in [4.78, 5) is 17.3. The molecule has 3 aromatic rings. The van der Waals surface area contributed by atoms with E-state index in [2.05, 4.69) is 21.0 Å². The Labute approximate surface area is 163 Å². The van der Waals surface area contributed by atoms with Gasteiger partial charge in [-0.15, -0.1) is 0 Å². The number of aryl methyl sites for hydroxylation is 1. The number of hydrogen-bond acceptors (Lipinski definition) is 4. The lowest BCUT2D eigenvalue weighted by atomic mass is 10.2. The van der Waals surface area contributed by atoms with Crippen molar-refractivity contribution in [2.24, 2.45) is 0 Å². The van der Waals surface area contributed by atoms with Gasteiger partial charge in [0.05, 0.1) is 11.6 Å². The number of anilines is 1. The van der Waals surface area contributed by atoms with Crippen LogP contribution in [-0.4, -0.2) is 47.4 Å². The van der Waals surface area contributed by atoms with Crippen molar-refractivity contribution < 1.29 is 0 Å². The van der Waals surface area contributed by atoms with Crippen molar-refractivity contribution in [3.05, 3.63) is 70.1 Å². The largest absolute Gasteiger partial charge is 0.369 e. The summed E-state index contributed by atoms with van der Waals surface area (Å²) in [7, 11) is 0. The molecule has 1 saturated heterocycles. The molecule has 0 radical (unpaired) electrons. The molecular weight excluding hydrogens is 360 g/mol. The van der Waals surface area contributed by atoms with Crippen LogP contribution in [0.4, 0.5) is 5.69 Å². The van der Waals surface area contributed by atoms with Crippen molar-refractivity contribution in [1.29, 1.82) is 0 Å². The highest BCUT2D eigenvalue weighted by molar-refractivity contribution is 6.30. The lowest BCUT2D eigenvalue weighted by Gasteiger charge is -2.36. The van der Waals surface area contributed by atoms with E-state index in [1.165, 1.54) is 5.69 Å². The van der Waals surface area contributed by atoms with E-state index in [9.17, 15) is 4.79 Å². The van der Waals surface area contributed by atoms with Crippen LogP contribution in [0.25, 0.3) is 10.8 Å². The van der Waals surface area contributed by atoms with E-state index in [-0.39, 0.29) is 5.56 Å². The number of halogens is 1. The lowest BCUT2D eigenvalue weighted by molar-refractivity contribution is 0.248. The summed E-state index contributed by atoms with van der Waals surface area (Å²) in [5, 5.41) is 6.73. The molecule has 27 heavy (non-hydrogen) atoms. The topological polar surface area (TPSA) is 41.4 Å². The minimum Gasteiger partial charge on any atom is -0.369 e. The average Bonchev–Trinajstić information content (AvgIpc) is 2.70. The smallest absolute Gasteiger partial charge is 0.274 e. The Morgan fingerprint density at radius 1 is 0.963 bits per heavy atom. The van der Waals surface area contributed by atoms with E-state index in [0.29, 0.717) is 6.54 Å². The average molecular weight is 383 g/mol. The molecule has 0 saturated carbocycles. The Morgan fingerprint density at radius 3 is 2.59 bits per heavy atom. The molecule has 4 rings (SSSR count). The Bertz CT molecular complexity index is 979. The van der Waals surface area contributed by atoms with Crippen LogP contribution in [0.15, 0.2) is 59.5 Å². The van der Waals surface area contributed by atoms with E-state index in [1.54, 1.807) is 10.9 Å². The second-order valence-electron chi connectivity index (χ2n) is 6.92. The Morgan fingerprint density at radius 2 is 1.78 bits per heavy atom. The number of rotatable bonds is 5. The third kappa shape index (κ3) is 4.15. The molecule has 2 aromatic carbocycles. The minimum absolute atomic E-state index is 0.00104. The molecule has 0 unspecified atom stereocenters. The monoisotopic (exact) mass is 382 g/mol. The van der Waals surface area contributed by atoms with Crippen molar-refractivity contribution in [3.63, 3.8) is 0 Å². The van der Waals surface area contributed by atoms with Gasteiger partial charge in [0.1, 0.15) is 0 Å². The van der Waals surface area contributed by atoms with Gasteiger partial charge in [-0.2, -0.15) is 5.10 Å². The number of hydrogen-bond donors (Lipinski definition) is 0. The summed E-state index contributed by atoms with van der Waals surface area (Å²) in [6.07, 6.45) is 2.70. The van der Waals surface area contributed by atoms with Gasteiger partial charge >= 0.3 is 0 Å². The fourth-order valence-corrected chi connectivity index (χ4v) is 3.82. The molecule has 0 aliphatic carbocycles. The maximum absolute atomic E-state index is 12.5. The summed E-state index contributed by atoms with van der Waals surface area (Å²) >= 11 is 6.10. The molecule has 1 aromatic heterocycles. The van der Waals surface area contributed by atoms with Gasteiger partial charge in [-0.3, -0.25) is 9.69 Å². The van der Waals surface area contributed by atoms with Gasteiger partial charge < -0.3 is 4.90 Å². The number of aromatic nitrogens is 2. The first-order chi connectivity index (χ1) is 13.2. The molecule has 0 spiro atoms. The minimum atomic E-state index is -0.00104. The van der Waals surface area contributed by atoms with Crippen molar-refractivity contribution >= 4 is 28.1 Å². The third-order valence-corrected chi connectivity index (χ3v) is 5.39. The second kappa shape index (κ2) is 8.11. The molecule has 1 aliphatic rings. The van der Waals surface area contributed by atoms with Crippen LogP contribution in [0.1, 0.15) is 6.42 Å². The van der Waals surface area contributed by atoms with Gasteiger partial charge in [0, 0.05) is 55.4 Å². The van der Waals surface area contributed by atoms with Crippen LogP contribution >= 0.6 is 11.6 Å². The second-order valence-corrected chi connectivity index (χ2v) is 7.36. The normalized spacial score (nSPS) is 15.4. The molecule has 140 valence electrons. The summed E-state index contributed by atoms with van der Waals surface area (Å²) < 4.78 is 1.59. The lowest BCUT2D eigenvalue weighted by Crippen LogP contribution is -2.46. The number of fused-ring (bicyclic) bond motifs is 1. The van der Waals surface area contributed by atoms with Gasteiger partial charge in [-0.1, -0.05) is 35.9 Å². The molecular formula is C21H23ClN4O. The standard InChI is InChI=1S/C21H23ClN4O/c22-18-6-3-7-19(15-18)25-13-11-24(12-14-25)9-4-10-26-21(27)20-8-2-1-5-17(20)16-23-26/h1-3,5-8,15-16H,4,9-14H2. The number of nitrogens with zero attached hydrogens (tertiary/aromatic N) is 4. The van der Waals surface area contributed by atoms with Gasteiger partial charge in [0.15, 0.2) is 0 Å². The van der Waals surface area contributed by atoms with E-state index in [1.807, 2.05) is 42.5 Å². The van der Waals surface area contributed by atoms with Gasteiger partial charge in [-0.25, -0.2) is 4.68 Å². The van der Waals surface area contributed by atoms with E-state index >= 15 is 0 Å². The molecule has 0 amide bonds. The van der Waals surface area contributed by atoms with Crippen molar-refractivity contribution in [2.45, 2.75) is 13.0 Å². The third-order valence-electron chi connectivity index (χ3n) is 5.15. The number of piperazine rings is 1. The zero-order chi connectivity index (χ0) is 18.6. The van der Waals surface area contributed by atoms with Crippen LogP contribution in [0.2, 0.25) is 5.02 Å². The molecule has 2 heterocycles. The fraction of sp³-hybridized carbons (Fsp3) is 0.333. The Hall–Kier alpha value is -2.37. The molecule has 6 heteroatoms. The first kappa shape index (κ1) is 18.0. The van der Waals surface area contributed by atoms with E-state index < -0.39 is 0 Å². The van der Waals surface area contributed by atoms with Crippen LogP contribution in [0, 0.1) is 0 Å². The van der Waals surface area contributed by atoms with Crippen molar-refractivity contribution in [1.82, 2.24) is 14.7 Å². The van der Waals surface area contributed by atoms with Crippen LogP contribution in [0.5, 0.6) is 0 Å². The first-order valence-corrected chi connectivity index (χ1v) is 9.76. The summed E-state index contributed by atoms with van der Waals surface area (Å²) in [6, 6.07) is 15.7. The van der Waals surface area contributed by atoms with Gasteiger partial charge in [-0.05, 0) is 30.7 Å². The predicted octanol–water partition coefficient (Wildman–Crippen LogP) is 3.26. The highest BCUT2D eigenvalue weighted by atomic mass is 35.5. The Balaban J connectivity index is 1.29. The summed E-state index contributed by atoms with van der Waals surface area (Å²) in [5.41, 5.74) is 1.19. The maximum Gasteiger partial charge on any atom is 0.274 e. The van der Waals surface area contributed by atoms with Gasteiger partial charge in [0.2, 0.25) is 0 Å². The zero-order valence-corrected chi connectivity index (χ0v) is 16.0. The number of benzene rings is 2. The van der Waals surface area contributed by atoms with Crippen LogP contribution < -0.4 is 10.5 Å². The fourth-order valence-electron chi connectivity index (χ4n) is 3.63. The first-order valence-electron chi connectivity index (χ1n) is 9.38. The summed E-state index contributed by atoms with van der Waals surface area (Å²) in [5.74, 6) is 0. The quantitative estimate of drug-likeness (QED) is 0.679. The van der Waals surface area contributed by atoms with Crippen LogP contribution in [0.3, 0.4) is 0 Å². The molecule has 0 N–H and O–H groups in total. The summed E-state index contributed by atoms with van der Waals surface area (Å²) in [6.45, 7) is 5.66. The molecule has 0 atom stereocenters. The highest BCUT2D eigenvalue weighted by Gasteiger charge is 2.17. The highest BCUT2D eigenvalue weighted by Crippen LogP contribution is 2.20. The molecule has 1 aliphatic heterocycles. The SMILES string of the molecule is O=c1c2ccccc2cnn1CCCN1CCN(c2cccc(Cl)c2)CC1. The molecule has 5 nitrogen and oxygen atoms in total. The predicted molar refractivity (Wildman–Crippen MR) is 111 cm³/mol. The van der Waals surface area contributed by atoms with Crippen molar-refractivity contribution in [2.75, 3.05) is 37.6 Å². The van der Waals surface area contributed by atoms with E-state index in [0.717, 1.165) is 54.9 Å².